The van der Waals surface area contributed by atoms with Crippen LogP contribution in [0.5, 0.6) is 0 Å². The number of nitrogens with two attached hydrogens (primary N) is 2. The molecule has 0 amide bonds. The first-order valence-corrected chi connectivity index (χ1v) is 6.33. The molecule has 0 saturated heterocycles. The quantitative estimate of drug-likeness (QED) is 0.755. The number of hydrogen-bond donors (Lipinski definition) is 2. The van der Waals surface area contributed by atoms with Gasteiger partial charge in [0.25, 0.3) is 0 Å². The van der Waals surface area contributed by atoms with E-state index in [0.29, 0.717) is 27.5 Å². The van der Waals surface area contributed by atoms with Gasteiger partial charge in [-0.3, -0.25) is 0 Å². The van der Waals surface area contributed by atoms with Crippen LogP contribution in [0.15, 0.2) is 30.4 Å². The summed E-state index contributed by atoms with van der Waals surface area (Å²) in [7, 11) is 0. The Morgan fingerprint density at radius 1 is 1.20 bits per heavy atom. The maximum Gasteiger partial charge on any atom is 0.397 e. The minimum absolute atomic E-state index is 0.136. The molecule has 0 fully saturated rings. The van der Waals surface area contributed by atoms with Gasteiger partial charge in [-0.25, -0.2) is 0 Å². The van der Waals surface area contributed by atoms with Crippen molar-refractivity contribution in [1.82, 2.24) is 0 Å². The molecule has 4 N–H and O–H groups in total. The van der Waals surface area contributed by atoms with E-state index < -0.39 is 11.6 Å². The first kappa shape index (κ1) is 14.8. The van der Waals surface area contributed by atoms with Crippen molar-refractivity contribution in [3.63, 3.8) is 0 Å². The molecule has 1 aromatic carbocycles. The van der Waals surface area contributed by atoms with Crippen molar-refractivity contribution in [2.75, 3.05) is 11.5 Å². The predicted octanol–water partition coefficient (Wildman–Crippen LogP) is 4.42. The van der Waals surface area contributed by atoms with E-state index >= 15 is 0 Å². The van der Waals surface area contributed by atoms with Gasteiger partial charge in [0.2, 0.25) is 0 Å². The first-order valence-electron chi connectivity index (χ1n) is 5.95. The maximum atomic E-state index is 12.9. The zero-order valence-electron chi connectivity index (χ0n) is 10.8. The van der Waals surface area contributed by atoms with Gasteiger partial charge in [0.15, 0.2) is 0 Å². The van der Waals surface area contributed by atoms with Gasteiger partial charge in [0, 0.05) is 5.56 Å². The summed E-state index contributed by atoms with van der Waals surface area (Å²) in [6.45, 7) is 1.16. The highest BCUT2D eigenvalue weighted by atomic mass is 35.5. The van der Waals surface area contributed by atoms with Crippen molar-refractivity contribution in [3.8, 4) is 0 Å². The predicted molar refractivity (Wildman–Crippen MR) is 76.2 cm³/mol. The third kappa shape index (κ3) is 2.50. The molecular weight excluding hydrogens is 289 g/mol. The summed E-state index contributed by atoms with van der Waals surface area (Å²) in [6, 6.07) is 3.07. The second-order valence-electron chi connectivity index (χ2n) is 5.07. The van der Waals surface area contributed by atoms with E-state index in [0.717, 1.165) is 13.0 Å². The number of benzene rings is 1. The zero-order chi connectivity index (χ0) is 15.1. The number of alkyl halides is 3. The molecule has 2 nitrogen and oxygen atoms in total. The standard InChI is InChI=1S/C14H14ClF3N2/c1-13(14(16,17)18)4-2-8(3-5-13)9-6-11(19)12(20)7-10(9)15/h2-4,6-7H,5,19-20H2,1H3. The van der Waals surface area contributed by atoms with E-state index in [2.05, 4.69) is 0 Å². The van der Waals surface area contributed by atoms with Crippen LogP contribution in [-0.4, -0.2) is 6.18 Å². The van der Waals surface area contributed by atoms with Gasteiger partial charge in [-0.15, -0.1) is 0 Å². The fourth-order valence-corrected chi connectivity index (χ4v) is 2.25. The van der Waals surface area contributed by atoms with Crippen LogP contribution in [0, 0.1) is 5.41 Å². The fourth-order valence-electron chi connectivity index (χ4n) is 1.97. The first-order chi connectivity index (χ1) is 9.14. The molecule has 0 aromatic heterocycles. The normalized spacial score (nSPS) is 22.8. The molecule has 1 aliphatic carbocycles. The SMILES string of the molecule is CC1(C(F)(F)F)C=CC(c2cc(N)c(N)cc2Cl)=CC1. The third-order valence-electron chi connectivity index (χ3n) is 3.51. The molecule has 6 heteroatoms. The van der Waals surface area contributed by atoms with E-state index in [4.69, 9.17) is 23.1 Å². The molecule has 1 aliphatic rings. The molecule has 0 radical (unpaired) electrons. The lowest BCUT2D eigenvalue weighted by Crippen LogP contribution is -2.33. The molecule has 0 bridgehead atoms. The molecule has 1 unspecified atom stereocenters. The van der Waals surface area contributed by atoms with Gasteiger partial charge >= 0.3 is 6.18 Å². The highest BCUT2D eigenvalue weighted by molar-refractivity contribution is 6.33. The lowest BCUT2D eigenvalue weighted by atomic mass is 9.80. The van der Waals surface area contributed by atoms with Crippen LogP contribution in [0.4, 0.5) is 24.5 Å². The van der Waals surface area contributed by atoms with E-state index in [1.165, 1.54) is 18.2 Å². The van der Waals surface area contributed by atoms with Crippen LogP contribution in [0.2, 0.25) is 5.02 Å². The topological polar surface area (TPSA) is 52.0 Å². The molecule has 0 saturated carbocycles. The molecule has 1 aromatic rings. The highest BCUT2D eigenvalue weighted by Crippen LogP contribution is 2.46. The van der Waals surface area contributed by atoms with Gasteiger partial charge in [0.1, 0.15) is 0 Å². The lowest BCUT2D eigenvalue weighted by molar-refractivity contribution is -0.199. The van der Waals surface area contributed by atoms with Gasteiger partial charge in [-0.1, -0.05) is 29.8 Å². The van der Waals surface area contributed by atoms with Gasteiger partial charge in [-0.05, 0) is 31.1 Å². The van der Waals surface area contributed by atoms with E-state index in [9.17, 15) is 13.2 Å². The van der Waals surface area contributed by atoms with Crippen molar-refractivity contribution in [1.29, 1.82) is 0 Å². The highest BCUT2D eigenvalue weighted by Gasteiger charge is 2.49. The molecule has 0 heterocycles. The van der Waals surface area contributed by atoms with Crippen LogP contribution >= 0.6 is 11.6 Å². The van der Waals surface area contributed by atoms with Crippen molar-refractivity contribution in [2.45, 2.75) is 19.5 Å². The summed E-state index contributed by atoms with van der Waals surface area (Å²) in [5.74, 6) is 0. The summed E-state index contributed by atoms with van der Waals surface area (Å²) < 4.78 is 38.7. The molecular formula is C14H14ClF3N2. The Balaban J connectivity index is 2.36. The minimum atomic E-state index is -4.28. The van der Waals surface area contributed by atoms with Crippen molar-refractivity contribution < 1.29 is 13.2 Å². The average molecular weight is 303 g/mol. The Hall–Kier alpha value is -1.62. The second kappa shape index (κ2) is 4.74. The molecule has 20 heavy (non-hydrogen) atoms. The van der Waals surface area contributed by atoms with Crippen LogP contribution in [0.1, 0.15) is 18.9 Å². The van der Waals surface area contributed by atoms with Gasteiger partial charge in [-0.2, -0.15) is 13.2 Å². The molecule has 0 aliphatic heterocycles. The average Bonchev–Trinajstić information content (AvgIpc) is 2.34. The molecule has 108 valence electrons. The van der Waals surface area contributed by atoms with Gasteiger partial charge in [0.05, 0.1) is 21.8 Å². The van der Waals surface area contributed by atoms with Crippen LogP contribution in [0.25, 0.3) is 5.57 Å². The summed E-state index contributed by atoms with van der Waals surface area (Å²) in [5.41, 5.74) is 11.4. The van der Waals surface area contributed by atoms with E-state index in [1.54, 1.807) is 6.07 Å². The monoisotopic (exact) mass is 302 g/mol. The summed E-state index contributed by atoms with van der Waals surface area (Å²) in [4.78, 5) is 0. The fraction of sp³-hybridized carbons (Fsp3) is 0.286. The Bertz CT molecular complexity index is 605. The Kier molecular flexibility index (Phi) is 3.50. The summed E-state index contributed by atoms with van der Waals surface area (Å²) in [6.07, 6.45) is -0.318. The molecule has 0 spiro atoms. The number of nitrogen functional groups attached to an aromatic ring is 2. The van der Waals surface area contributed by atoms with Crippen molar-refractivity contribution in [2.24, 2.45) is 5.41 Å². The summed E-state index contributed by atoms with van der Waals surface area (Å²) in [5, 5.41) is 0.364. The van der Waals surface area contributed by atoms with Crippen LogP contribution < -0.4 is 11.5 Å². The smallest absolute Gasteiger partial charge is 0.397 e. The van der Waals surface area contributed by atoms with E-state index in [1.807, 2.05) is 0 Å². The second-order valence-corrected chi connectivity index (χ2v) is 5.48. The maximum absolute atomic E-state index is 12.9. The number of rotatable bonds is 1. The van der Waals surface area contributed by atoms with Crippen molar-refractivity contribution >= 4 is 28.5 Å². The summed E-state index contributed by atoms with van der Waals surface area (Å²) >= 11 is 6.06. The Morgan fingerprint density at radius 3 is 2.30 bits per heavy atom. The number of hydrogen-bond acceptors (Lipinski definition) is 2. The molecule has 1 atom stereocenters. The van der Waals surface area contributed by atoms with Crippen LogP contribution in [0.3, 0.4) is 0 Å². The van der Waals surface area contributed by atoms with Crippen molar-refractivity contribution in [3.05, 3.63) is 40.9 Å². The lowest BCUT2D eigenvalue weighted by Gasteiger charge is -2.30. The number of halogens is 4. The number of allylic oxidation sites excluding steroid dienone is 4. The zero-order valence-corrected chi connectivity index (χ0v) is 11.5. The van der Waals surface area contributed by atoms with Crippen LogP contribution in [-0.2, 0) is 0 Å². The Labute approximate surface area is 119 Å². The third-order valence-corrected chi connectivity index (χ3v) is 3.82. The molecule has 2 rings (SSSR count). The van der Waals surface area contributed by atoms with E-state index in [-0.39, 0.29) is 6.42 Å². The largest absolute Gasteiger partial charge is 0.397 e. The number of anilines is 2. The minimum Gasteiger partial charge on any atom is -0.397 e. The van der Waals surface area contributed by atoms with Gasteiger partial charge < -0.3 is 11.5 Å². The Morgan fingerprint density at radius 2 is 1.80 bits per heavy atom.